The third-order valence-corrected chi connectivity index (χ3v) is 5.87. The molecule has 1 amide bonds. The largest absolute Gasteiger partial charge is 0.544 e. The zero-order valence-electron chi connectivity index (χ0n) is 11.8. The van der Waals surface area contributed by atoms with E-state index in [2.05, 4.69) is 10.5 Å². The van der Waals surface area contributed by atoms with Gasteiger partial charge in [-0.05, 0) is 49.9 Å². The van der Waals surface area contributed by atoms with Gasteiger partial charge in [0.2, 0.25) is 0 Å². The molecule has 0 spiro atoms. The number of carbonyl (C=O) groups excluding carboxylic acids is 2. The molecule has 22 heavy (non-hydrogen) atoms. The minimum absolute atomic E-state index is 0.144. The van der Waals surface area contributed by atoms with Crippen LogP contribution in [-0.2, 0) is 12.8 Å². The predicted octanol–water partition coefficient (Wildman–Crippen LogP) is 1.82. The van der Waals surface area contributed by atoms with Gasteiger partial charge in [-0.15, -0.1) is 22.7 Å². The van der Waals surface area contributed by atoms with E-state index in [0.29, 0.717) is 15.5 Å². The summed E-state index contributed by atoms with van der Waals surface area (Å²) in [5.41, 5.74) is 4.36. The Kier molecular flexibility index (Phi) is 4.08. The van der Waals surface area contributed by atoms with Crippen molar-refractivity contribution in [3.8, 4) is 0 Å². The van der Waals surface area contributed by atoms with Crippen molar-refractivity contribution in [1.29, 1.82) is 0 Å². The van der Waals surface area contributed by atoms with E-state index < -0.39 is 5.97 Å². The van der Waals surface area contributed by atoms with Crippen LogP contribution in [0.1, 0.15) is 48.0 Å². The second-order valence-corrected chi connectivity index (χ2v) is 7.22. The average molecular weight is 333 g/mol. The number of hydrazone groups is 1. The maximum atomic E-state index is 12.1. The zero-order valence-corrected chi connectivity index (χ0v) is 13.5. The topological polar surface area (TPSA) is 81.6 Å². The number of hydrogen-bond donors (Lipinski definition) is 1. The van der Waals surface area contributed by atoms with Crippen LogP contribution in [0.4, 0.5) is 0 Å². The molecule has 1 aliphatic carbocycles. The van der Waals surface area contributed by atoms with Gasteiger partial charge in [-0.3, -0.25) is 4.79 Å². The predicted molar refractivity (Wildman–Crippen MR) is 84.7 cm³/mol. The summed E-state index contributed by atoms with van der Waals surface area (Å²) in [6, 6.07) is 5.06. The Morgan fingerprint density at radius 2 is 1.95 bits per heavy atom. The van der Waals surface area contributed by atoms with Crippen LogP contribution in [-0.4, -0.2) is 17.6 Å². The van der Waals surface area contributed by atoms with E-state index in [1.807, 2.05) is 6.07 Å². The van der Waals surface area contributed by atoms with E-state index in [4.69, 9.17) is 0 Å². The third kappa shape index (κ3) is 2.95. The average Bonchev–Trinajstić information content (AvgIpc) is 3.17. The van der Waals surface area contributed by atoms with Gasteiger partial charge in [0.05, 0.1) is 26.3 Å². The standard InChI is InChI=1S/C15H14N2O3S2/c1-8(10-5-6-12(21-10)15(19)20)16-17-14(18)13-7-9-3-2-4-11(9)22-13/h5-7H,2-4H2,1H3,(H,17,18)(H,19,20)/p-1/b16-8-. The summed E-state index contributed by atoms with van der Waals surface area (Å²) in [6.45, 7) is 1.72. The quantitative estimate of drug-likeness (QED) is 0.684. The first kappa shape index (κ1) is 14.9. The van der Waals surface area contributed by atoms with E-state index in [1.165, 1.54) is 34.3 Å². The van der Waals surface area contributed by atoms with Gasteiger partial charge in [-0.25, -0.2) is 5.43 Å². The number of rotatable bonds is 4. The Balaban J connectivity index is 1.69. The Morgan fingerprint density at radius 1 is 1.18 bits per heavy atom. The number of fused-ring (bicyclic) bond motifs is 1. The second-order valence-electron chi connectivity index (χ2n) is 5.00. The lowest BCUT2D eigenvalue weighted by Gasteiger charge is -1.99. The van der Waals surface area contributed by atoms with Crippen molar-refractivity contribution in [2.75, 3.05) is 0 Å². The van der Waals surface area contributed by atoms with Crippen LogP contribution in [0.25, 0.3) is 0 Å². The number of thiophene rings is 2. The molecule has 0 aliphatic heterocycles. The molecular formula is C15H13N2O3S2-. The minimum atomic E-state index is -1.21. The molecule has 0 unspecified atom stereocenters. The molecule has 0 bridgehead atoms. The summed E-state index contributed by atoms with van der Waals surface area (Å²) < 4.78 is 0. The van der Waals surface area contributed by atoms with Crippen LogP contribution in [0.2, 0.25) is 0 Å². The van der Waals surface area contributed by atoms with Crippen LogP contribution >= 0.6 is 22.7 Å². The summed E-state index contributed by atoms with van der Waals surface area (Å²) >= 11 is 2.60. The van der Waals surface area contributed by atoms with Crippen molar-refractivity contribution in [3.05, 3.63) is 43.3 Å². The number of carboxylic acid groups (broad SMARTS) is 1. The Hall–Kier alpha value is -1.99. The van der Waals surface area contributed by atoms with E-state index in [9.17, 15) is 14.7 Å². The molecule has 7 heteroatoms. The van der Waals surface area contributed by atoms with Gasteiger partial charge < -0.3 is 9.90 Å². The van der Waals surface area contributed by atoms with Crippen LogP contribution in [0, 0.1) is 0 Å². The highest BCUT2D eigenvalue weighted by atomic mass is 32.1. The molecule has 1 aliphatic rings. The number of hydrogen-bond acceptors (Lipinski definition) is 6. The molecule has 2 aromatic rings. The Labute approximate surface area is 135 Å². The summed E-state index contributed by atoms with van der Waals surface area (Å²) in [5, 5.41) is 14.8. The highest BCUT2D eigenvalue weighted by Gasteiger charge is 2.18. The molecule has 0 aromatic carbocycles. The highest BCUT2D eigenvalue weighted by Crippen LogP contribution is 2.30. The zero-order chi connectivity index (χ0) is 15.7. The lowest BCUT2D eigenvalue weighted by atomic mass is 10.2. The maximum absolute atomic E-state index is 12.1. The van der Waals surface area contributed by atoms with Crippen LogP contribution in [0.5, 0.6) is 0 Å². The van der Waals surface area contributed by atoms with Gasteiger partial charge in [0.1, 0.15) is 0 Å². The van der Waals surface area contributed by atoms with Crippen molar-refractivity contribution < 1.29 is 14.7 Å². The number of nitrogens with one attached hydrogen (secondary N) is 1. The molecule has 2 heterocycles. The Bertz CT molecular complexity index is 752. The number of carboxylic acids is 1. The van der Waals surface area contributed by atoms with E-state index >= 15 is 0 Å². The Morgan fingerprint density at radius 3 is 2.64 bits per heavy atom. The van der Waals surface area contributed by atoms with E-state index in [0.717, 1.165) is 24.2 Å². The monoisotopic (exact) mass is 333 g/mol. The molecule has 2 aromatic heterocycles. The van der Waals surface area contributed by atoms with Gasteiger partial charge in [0, 0.05) is 4.88 Å². The fourth-order valence-corrected chi connectivity index (χ4v) is 4.26. The maximum Gasteiger partial charge on any atom is 0.281 e. The van der Waals surface area contributed by atoms with Crippen LogP contribution < -0.4 is 10.5 Å². The van der Waals surface area contributed by atoms with Gasteiger partial charge in [-0.1, -0.05) is 0 Å². The molecule has 0 atom stereocenters. The molecule has 0 saturated carbocycles. The number of aromatic carboxylic acids is 1. The number of nitrogens with zero attached hydrogens (tertiary/aromatic N) is 1. The van der Waals surface area contributed by atoms with Crippen LogP contribution in [0.3, 0.4) is 0 Å². The molecule has 0 radical (unpaired) electrons. The fraction of sp³-hybridized carbons (Fsp3) is 0.267. The number of amides is 1. The van der Waals surface area contributed by atoms with Crippen molar-refractivity contribution >= 4 is 40.3 Å². The highest BCUT2D eigenvalue weighted by molar-refractivity contribution is 7.16. The normalized spacial score (nSPS) is 14.0. The number of carbonyl (C=O) groups is 2. The number of aryl methyl sites for hydroxylation is 2. The van der Waals surface area contributed by atoms with Crippen molar-refractivity contribution in [1.82, 2.24) is 5.43 Å². The van der Waals surface area contributed by atoms with E-state index in [-0.39, 0.29) is 10.8 Å². The summed E-state index contributed by atoms with van der Waals surface area (Å²) in [5.74, 6) is -1.43. The summed E-state index contributed by atoms with van der Waals surface area (Å²) in [7, 11) is 0. The molecule has 0 saturated heterocycles. The van der Waals surface area contributed by atoms with Gasteiger partial charge in [-0.2, -0.15) is 5.10 Å². The first-order valence-electron chi connectivity index (χ1n) is 6.82. The van der Waals surface area contributed by atoms with Gasteiger partial charge in [0.15, 0.2) is 0 Å². The SMILES string of the molecule is C/C(=N/NC(=O)c1cc2c(s1)CCC2)c1ccc(C(=O)[O-])s1. The smallest absolute Gasteiger partial charge is 0.281 e. The second kappa shape index (κ2) is 6.02. The van der Waals surface area contributed by atoms with Crippen LogP contribution in [0.15, 0.2) is 23.3 Å². The van der Waals surface area contributed by atoms with Gasteiger partial charge >= 0.3 is 0 Å². The van der Waals surface area contributed by atoms with Crippen molar-refractivity contribution in [2.45, 2.75) is 26.2 Å². The molecular weight excluding hydrogens is 320 g/mol. The first-order valence-corrected chi connectivity index (χ1v) is 8.45. The summed E-state index contributed by atoms with van der Waals surface area (Å²) in [6.07, 6.45) is 3.26. The van der Waals surface area contributed by atoms with Gasteiger partial charge in [0.25, 0.3) is 5.91 Å². The molecule has 5 nitrogen and oxygen atoms in total. The van der Waals surface area contributed by atoms with E-state index in [1.54, 1.807) is 13.0 Å². The third-order valence-electron chi connectivity index (χ3n) is 3.46. The van der Waals surface area contributed by atoms with Crippen molar-refractivity contribution in [2.24, 2.45) is 5.10 Å². The lowest BCUT2D eigenvalue weighted by Crippen LogP contribution is -2.20. The molecule has 3 rings (SSSR count). The lowest BCUT2D eigenvalue weighted by molar-refractivity contribution is -0.254. The molecule has 1 N–H and O–H groups in total. The summed E-state index contributed by atoms with van der Waals surface area (Å²) in [4.78, 5) is 25.6. The molecule has 114 valence electrons. The molecule has 0 fully saturated rings. The first-order chi connectivity index (χ1) is 10.5. The van der Waals surface area contributed by atoms with Crippen molar-refractivity contribution in [3.63, 3.8) is 0 Å². The fourth-order valence-electron chi connectivity index (χ4n) is 2.33. The minimum Gasteiger partial charge on any atom is -0.544 e.